The standard InChI is InChI=1S/C9H12N.CH3.Y/c1-6-5-7(2)10-9(4)8(6)3;;/h1-4H3;1H3;/q2*-1;+3. The maximum atomic E-state index is 4.28. The molecule has 0 radical (unpaired) electrons. The third kappa shape index (κ3) is 3.32. The van der Waals surface area contributed by atoms with E-state index in [1.54, 1.807) is 0 Å². The van der Waals surface area contributed by atoms with E-state index in [9.17, 15) is 0 Å². The third-order valence-electron chi connectivity index (χ3n) is 1.81. The normalized spacial score (nSPS) is 8.33. The second kappa shape index (κ2) is 5.82. The van der Waals surface area contributed by atoms with Gasteiger partial charge in [-0.15, -0.1) is 6.92 Å². The summed E-state index contributed by atoms with van der Waals surface area (Å²) in [5, 5.41) is 0. The molecule has 0 atom stereocenters. The minimum Gasteiger partial charge on any atom is -0.358 e. The summed E-state index contributed by atoms with van der Waals surface area (Å²) >= 11 is 0. The molecule has 0 N–H and O–H groups in total. The maximum absolute atomic E-state index is 4.28. The molecule has 0 aliphatic carbocycles. The second-order valence-corrected chi connectivity index (χ2v) is 2.66. The molecule has 0 spiro atoms. The van der Waals surface area contributed by atoms with Crippen LogP contribution in [-0.4, -0.2) is 4.98 Å². The average Bonchev–Trinajstić information content (AvgIpc) is 1.82. The van der Waals surface area contributed by atoms with Crippen molar-refractivity contribution in [3.05, 3.63) is 36.0 Å². The summed E-state index contributed by atoms with van der Waals surface area (Å²) in [7, 11) is 0. The molecule has 0 saturated heterocycles. The van der Waals surface area contributed by atoms with Crippen molar-refractivity contribution in [2.24, 2.45) is 0 Å². The van der Waals surface area contributed by atoms with Crippen LogP contribution in [0.1, 0.15) is 22.5 Å². The summed E-state index contributed by atoms with van der Waals surface area (Å²) in [6.45, 7) is 8.15. The fraction of sp³-hybridized carbons (Fsp3) is 0.400. The van der Waals surface area contributed by atoms with Gasteiger partial charge < -0.3 is 7.43 Å². The molecule has 1 heterocycles. The number of aryl methyl sites for hydroxylation is 3. The molecule has 0 saturated carbocycles. The maximum Gasteiger partial charge on any atom is 3.00 e. The number of hydrogen-bond donors (Lipinski definition) is 0. The first-order chi connectivity index (χ1) is 4.61. The Morgan fingerprint density at radius 3 is 2.00 bits per heavy atom. The quantitative estimate of drug-likeness (QED) is 0.633. The molecule has 1 aromatic heterocycles. The molecule has 0 unspecified atom stereocenters. The minimum atomic E-state index is 0. The molecule has 62 valence electrons. The summed E-state index contributed by atoms with van der Waals surface area (Å²) < 4.78 is 0. The number of aromatic nitrogens is 1. The molecule has 1 nitrogen and oxygen atoms in total. The monoisotopic (exact) mass is 238 g/mol. The van der Waals surface area contributed by atoms with Crippen LogP contribution < -0.4 is 0 Å². The van der Waals surface area contributed by atoms with Gasteiger partial charge >= 0.3 is 32.7 Å². The van der Waals surface area contributed by atoms with Crippen LogP contribution >= 0.6 is 0 Å². The van der Waals surface area contributed by atoms with Crippen molar-refractivity contribution < 1.29 is 32.7 Å². The number of rotatable bonds is 0. The number of pyridine rings is 1. The van der Waals surface area contributed by atoms with Gasteiger partial charge in [-0.05, 0) is 19.5 Å². The van der Waals surface area contributed by atoms with Crippen molar-refractivity contribution in [3.8, 4) is 0 Å². The Hall–Kier alpha value is 0.254. The molecule has 2 heteroatoms. The molecule has 0 aromatic carbocycles. The van der Waals surface area contributed by atoms with Crippen LogP contribution in [0.15, 0.2) is 0 Å². The molecular formula is C10H15NY+. The van der Waals surface area contributed by atoms with Crippen molar-refractivity contribution in [2.45, 2.75) is 27.7 Å². The molecule has 12 heavy (non-hydrogen) atoms. The van der Waals surface area contributed by atoms with Crippen molar-refractivity contribution in [1.82, 2.24) is 4.98 Å². The zero-order valence-electron chi connectivity index (χ0n) is 8.52. The Morgan fingerprint density at radius 1 is 1.08 bits per heavy atom. The van der Waals surface area contributed by atoms with Crippen LogP contribution in [0.5, 0.6) is 0 Å². The molecule has 0 aliphatic rings. The second-order valence-electron chi connectivity index (χ2n) is 2.66. The molecule has 0 fully saturated rings. The third-order valence-corrected chi connectivity index (χ3v) is 1.81. The molecular weight excluding hydrogens is 223 g/mol. The van der Waals surface area contributed by atoms with Gasteiger partial charge in [0, 0.05) is 0 Å². The first kappa shape index (κ1) is 14.8. The Morgan fingerprint density at radius 2 is 1.58 bits per heavy atom. The summed E-state index contributed by atoms with van der Waals surface area (Å²) in [5.41, 5.74) is 4.57. The van der Waals surface area contributed by atoms with Crippen molar-refractivity contribution >= 4 is 0 Å². The Bertz CT molecular complexity index is 233. The number of hydrogen-bond acceptors (Lipinski definition) is 1. The van der Waals surface area contributed by atoms with Gasteiger partial charge in [0.1, 0.15) is 0 Å². The van der Waals surface area contributed by atoms with Crippen molar-refractivity contribution in [1.29, 1.82) is 0 Å². The summed E-state index contributed by atoms with van der Waals surface area (Å²) in [6, 6.07) is 3.17. The van der Waals surface area contributed by atoms with Crippen LogP contribution in [-0.2, 0) is 32.7 Å². The zero-order chi connectivity index (χ0) is 7.72. The van der Waals surface area contributed by atoms with E-state index in [4.69, 9.17) is 0 Å². The van der Waals surface area contributed by atoms with Gasteiger partial charge in [-0.25, -0.2) is 11.6 Å². The topological polar surface area (TPSA) is 12.9 Å². The van der Waals surface area contributed by atoms with Crippen LogP contribution in [0, 0.1) is 41.2 Å². The van der Waals surface area contributed by atoms with E-state index in [-0.39, 0.29) is 40.1 Å². The Kier molecular flexibility index (Phi) is 7.16. The van der Waals surface area contributed by atoms with E-state index in [1.165, 1.54) is 11.1 Å². The molecule has 1 aromatic rings. The van der Waals surface area contributed by atoms with E-state index >= 15 is 0 Å². The van der Waals surface area contributed by atoms with E-state index in [0.29, 0.717) is 0 Å². The van der Waals surface area contributed by atoms with E-state index in [2.05, 4.69) is 24.9 Å². The van der Waals surface area contributed by atoms with Crippen LogP contribution in [0.3, 0.4) is 0 Å². The van der Waals surface area contributed by atoms with Gasteiger partial charge in [0.2, 0.25) is 0 Å². The van der Waals surface area contributed by atoms with Crippen molar-refractivity contribution in [3.63, 3.8) is 0 Å². The van der Waals surface area contributed by atoms with Gasteiger partial charge in [0.25, 0.3) is 0 Å². The largest absolute Gasteiger partial charge is 3.00 e. The minimum absolute atomic E-state index is 0. The van der Waals surface area contributed by atoms with Gasteiger partial charge in [-0.1, -0.05) is 12.6 Å². The molecule has 0 bridgehead atoms. The van der Waals surface area contributed by atoms with E-state index < -0.39 is 0 Å². The van der Waals surface area contributed by atoms with Crippen LogP contribution in [0.2, 0.25) is 0 Å². The fourth-order valence-corrected chi connectivity index (χ4v) is 1.000. The van der Waals surface area contributed by atoms with Gasteiger partial charge in [-0.3, -0.25) is 4.98 Å². The summed E-state index contributed by atoms with van der Waals surface area (Å²) in [4.78, 5) is 4.28. The zero-order valence-corrected chi connectivity index (χ0v) is 11.4. The summed E-state index contributed by atoms with van der Waals surface area (Å²) in [5.74, 6) is 0. The molecule has 0 aliphatic heterocycles. The number of nitrogens with zero attached hydrogens (tertiary/aromatic N) is 1. The SMILES string of the molecule is Cc1[c-]c(C)c(C)c(C)n1.[CH3-].[Y+3]. The van der Waals surface area contributed by atoms with Crippen LogP contribution in [0.25, 0.3) is 0 Å². The predicted octanol–water partition coefficient (Wildman–Crippen LogP) is 2.56. The Balaban J connectivity index is 0. The Labute approximate surface area is 101 Å². The fourth-order valence-electron chi connectivity index (χ4n) is 1.000. The molecule has 0 amide bonds. The predicted molar refractivity (Wildman–Crippen MR) is 48.4 cm³/mol. The van der Waals surface area contributed by atoms with Gasteiger partial charge in [0.05, 0.1) is 0 Å². The molecule has 1 rings (SSSR count). The smallest absolute Gasteiger partial charge is 0.358 e. The van der Waals surface area contributed by atoms with Crippen LogP contribution in [0.4, 0.5) is 0 Å². The summed E-state index contributed by atoms with van der Waals surface area (Å²) in [6.07, 6.45) is 0. The van der Waals surface area contributed by atoms with Gasteiger partial charge in [0.15, 0.2) is 0 Å². The van der Waals surface area contributed by atoms with E-state index in [0.717, 1.165) is 11.4 Å². The first-order valence-corrected chi connectivity index (χ1v) is 3.45. The van der Waals surface area contributed by atoms with E-state index in [1.807, 2.05) is 13.8 Å². The first-order valence-electron chi connectivity index (χ1n) is 3.45. The van der Waals surface area contributed by atoms with Gasteiger partial charge in [-0.2, -0.15) is 5.56 Å². The average molecular weight is 238 g/mol. The van der Waals surface area contributed by atoms with Crippen molar-refractivity contribution in [2.75, 3.05) is 0 Å².